The number of nitrogens with one attached hydrogen (secondary N) is 1. The smallest absolute Gasteiger partial charge is 0.0641 e. The van der Waals surface area contributed by atoms with Crippen molar-refractivity contribution in [2.75, 3.05) is 0 Å². The molecule has 1 aliphatic carbocycles. The van der Waals surface area contributed by atoms with Crippen molar-refractivity contribution in [2.24, 2.45) is 0 Å². The van der Waals surface area contributed by atoms with E-state index in [1.807, 2.05) is 0 Å². The Balaban J connectivity index is 1.65. The van der Waals surface area contributed by atoms with E-state index in [0.29, 0.717) is 0 Å². The van der Waals surface area contributed by atoms with Gasteiger partial charge < -0.3 is 5.32 Å². The monoisotopic (exact) mass is 275 g/mol. The van der Waals surface area contributed by atoms with Crippen LogP contribution in [0.3, 0.4) is 0 Å². The van der Waals surface area contributed by atoms with Crippen molar-refractivity contribution in [3.63, 3.8) is 0 Å². The Hall–Kier alpha value is -1.13. The maximum Gasteiger partial charge on any atom is 0.0641 e. The van der Waals surface area contributed by atoms with Gasteiger partial charge in [0.1, 0.15) is 0 Å². The number of rotatable bonds is 6. The van der Waals surface area contributed by atoms with Crippen molar-refractivity contribution in [1.82, 2.24) is 15.1 Å². The summed E-state index contributed by atoms with van der Waals surface area (Å²) in [6, 6.07) is 2.96. The van der Waals surface area contributed by atoms with Crippen molar-refractivity contribution in [2.45, 2.75) is 52.2 Å². The molecule has 0 amide bonds. The molecule has 2 aromatic heterocycles. The molecule has 1 aliphatic rings. The zero-order chi connectivity index (χ0) is 13.2. The third-order valence-electron chi connectivity index (χ3n) is 3.87. The number of hydrogen-bond donors (Lipinski definition) is 1. The topological polar surface area (TPSA) is 29.9 Å². The van der Waals surface area contributed by atoms with Gasteiger partial charge in [0.25, 0.3) is 0 Å². The van der Waals surface area contributed by atoms with Gasteiger partial charge in [0.15, 0.2) is 0 Å². The first kappa shape index (κ1) is 12.9. The van der Waals surface area contributed by atoms with E-state index < -0.39 is 0 Å². The van der Waals surface area contributed by atoms with Gasteiger partial charge in [-0.05, 0) is 55.5 Å². The second-order valence-electron chi connectivity index (χ2n) is 5.41. The molecule has 3 rings (SSSR count). The molecule has 3 nitrogen and oxygen atoms in total. The maximum atomic E-state index is 4.69. The van der Waals surface area contributed by atoms with Crippen molar-refractivity contribution in [3.05, 3.63) is 39.3 Å². The standard InChI is InChI=1S/C15H21N3S/c1-11-15(9-16-14-3-4-14)12(2)18(17-11)7-5-13-6-8-19-10-13/h6,8,10,14,16H,3-5,7,9H2,1-2H3. The van der Waals surface area contributed by atoms with Gasteiger partial charge in [-0.2, -0.15) is 16.4 Å². The summed E-state index contributed by atoms with van der Waals surface area (Å²) >= 11 is 1.77. The van der Waals surface area contributed by atoms with Gasteiger partial charge in [-0.1, -0.05) is 0 Å². The number of thiophene rings is 1. The van der Waals surface area contributed by atoms with Crippen LogP contribution in [0.1, 0.15) is 35.4 Å². The fraction of sp³-hybridized carbons (Fsp3) is 0.533. The SMILES string of the molecule is Cc1nn(CCc2ccsc2)c(C)c1CNC1CC1. The number of aryl methyl sites for hydroxylation is 3. The zero-order valence-corrected chi connectivity index (χ0v) is 12.5. The van der Waals surface area contributed by atoms with E-state index >= 15 is 0 Å². The Bertz CT molecular complexity index is 538. The first-order valence-electron chi connectivity index (χ1n) is 7.01. The Kier molecular flexibility index (Phi) is 3.71. The molecule has 1 fully saturated rings. The van der Waals surface area contributed by atoms with E-state index in [9.17, 15) is 0 Å². The van der Waals surface area contributed by atoms with E-state index in [2.05, 4.69) is 45.8 Å². The molecule has 1 saturated carbocycles. The van der Waals surface area contributed by atoms with Crippen LogP contribution in [0.2, 0.25) is 0 Å². The Morgan fingerprint density at radius 1 is 1.42 bits per heavy atom. The molecule has 102 valence electrons. The lowest BCUT2D eigenvalue weighted by Gasteiger charge is -2.05. The molecular formula is C15H21N3S. The van der Waals surface area contributed by atoms with Crippen LogP contribution in [0.25, 0.3) is 0 Å². The molecule has 0 bridgehead atoms. The minimum absolute atomic E-state index is 0.757. The number of nitrogens with zero attached hydrogens (tertiary/aromatic N) is 2. The first-order valence-corrected chi connectivity index (χ1v) is 7.95. The molecule has 0 unspecified atom stereocenters. The molecule has 1 N–H and O–H groups in total. The molecule has 0 saturated heterocycles. The molecule has 2 heterocycles. The van der Waals surface area contributed by atoms with Gasteiger partial charge in [0.2, 0.25) is 0 Å². The number of aromatic nitrogens is 2. The van der Waals surface area contributed by atoms with Crippen LogP contribution in [0, 0.1) is 13.8 Å². The summed E-state index contributed by atoms with van der Waals surface area (Å²) in [5, 5.41) is 12.6. The summed E-state index contributed by atoms with van der Waals surface area (Å²) < 4.78 is 2.16. The Morgan fingerprint density at radius 3 is 2.95 bits per heavy atom. The fourth-order valence-corrected chi connectivity index (χ4v) is 3.11. The lowest BCUT2D eigenvalue weighted by molar-refractivity contribution is 0.592. The maximum absolute atomic E-state index is 4.69. The van der Waals surface area contributed by atoms with Crippen LogP contribution >= 0.6 is 11.3 Å². The highest BCUT2D eigenvalue weighted by Gasteiger charge is 2.21. The van der Waals surface area contributed by atoms with Crippen LogP contribution in [-0.4, -0.2) is 15.8 Å². The van der Waals surface area contributed by atoms with Crippen LogP contribution in [-0.2, 0) is 19.5 Å². The van der Waals surface area contributed by atoms with Crippen LogP contribution in [0.4, 0.5) is 0 Å². The summed E-state index contributed by atoms with van der Waals surface area (Å²) in [7, 11) is 0. The van der Waals surface area contributed by atoms with Crippen molar-refractivity contribution in [1.29, 1.82) is 0 Å². The molecule has 4 heteroatoms. The van der Waals surface area contributed by atoms with E-state index in [4.69, 9.17) is 0 Å². The molecule has 0 aromatic carbocycles. The highest BCUT2D eigenvalue weighted by Crippen LogP contribution is 2.21. The van der Waals surface area contributed by atoms with E-state index in [1.54, 1.807) is 11.3 Å². The summed E-state index contributed by atoms with van der Waals surface area (Å²) in [6.07, 6.45) is 3.75. The summed E-state index contributed by atoms with van der Waals surface area (Å²) in [6.45, 7) is 6.27. The predicted molar refractivity (Wildman–Crippen MR) is 79.6 cm³/mol. The molecule has 0 radical (unpaired) electrons. The minimum atomic E-state index is 0.757. The van der Waals surface area contributed by atoms with Crippen LogP contribution in [0.15, 0.2) is 16.8 Å². The zero-order valence-electron chi connectivity index (χ0n) is 11.6. The largest absolute Gasteiger partial charge is 0.310 e. The molecule has 19 heavy (non-hydrogen) atoms. The van der Waals surface area contributed by atoms with E-state index in [0.717, 1.165) is 25.6 Å². The highest BCUT2D eigenvalue weighted by molar-refractivity contribution is 7.07. The Labute approximate surface area is 118 Å². The summed E-state index contributed by atoms with van der Waals surface area (Å²) in [4.78, 5) is 0. The Morgan fingerprint density at radius 2 is 2.26 bits per heavy atom. The van der Waals surface area contributed by atoms with E-state index in [-0.39, 0.29) is 0 Å². The summed E-state index contributed by atoms with van der Waals surface area (Å²) in [5.74, 6) is 0. The second kappa shape index (κ2) is 5.47. The van der Waals surface area contributed by atoms with Crippen molar-refractivity contribution in [3.8, 4) is 0 Å². The molecular weight excluding hydrogens is 254 g/mol. The normalized spacial score (nSPS) is 15.1. The van der Waals surface area contributed by atoms with E-state index in [1.165, 1.54) is 35.4 Å². The van der Waals surface area contributed by atoms with Gasteiger partial charge >= 0.3 is 0 Å². The second-order valence-corrected chi connectivity index (χ2v) is 6.19. The highest BCUT2D eigenvalue weighted by atomic mass is 32.1. The number of hydrogen-bond acceptors (Lipinski definition) is 3. The third-order valence-corrected chi connectivity index (χ3v) is 4.60. The van der Waals surface area contributed by atoms with Crippen LogP contribution < -0.4 is 5.32 Å². The first-order chi connectivity index (χ1) is 9.24. The van der Waals surface area contributed by atoms with Crippen molar-refractivity contribution >= 4 is 11.3 Å². The molecule has 0 atom stereocenters. The van der Waals surface area contributed by atoms with Crippen LogP contribution in [0.5, 0.6) is 0 Å². The molecule has 0 aliphatic heterocycles. The predicted octanol–water partition coefficient (Wildman–Crippen LogP) is 3.06. The fourth-order valence-electron chi connectivity index (χ4n) is 2.41. The van der Waals surface area contributed by atoms with Gasteiger partial charge in [-0.25, -0.2) is 0 Å². The van der Waals surface area contributed by atoms with Gasteiger partial charge in [-0.3, -0.25) is 4.68 Å². The molecule has 2 aromatic rings. The lowest BCUT2D eigenvalue weighted by atomic mass is 10.2. The quantitative estimate of drug-likeness (QED) is 0.878. The third kappa shape index (κ3) is 3.07. The van der Waals surface area contributed by atoms with Gasteiger partial charge in [-0.15, -0.1) is 0 Å². The van der Waals surface area contributed by atoms with Crippen molar-refractivity contribution < 1.29 is 0 Å². The average Bonchev–Trinajstić information content (AvgIpc) is 2.99. The molecule has 0 spiro atoms. The average molecular weight is 275 g/mol. The summed E-state index contributed by atoms with van der Waals surface area (Å²) in [5.41, 5.74) is 5.30. The lowest BCUT2D eigenvalue weighted by Crippen LogP contribution is -2.16. The van der Waals surface area contributed by atoms with Gasteiger partial charge in [0.05, 0.1) is 5.69 Å². The van der Waals surface area contributed by atoms with Gasteiger partial charge in [0, 0.05) is 30.4 Å². The minimum Gasteiger partial charge on any atom is -0.310 e.